The van der Waals surface area contributed by atoms with Crippen LogP contribution in [0.5, 0.6) is 0 Å². The molecule has 0 bridgehead atoms. The lowest BCUT2D eigenvalue weighted by molar-refractivity contribution is 0.0702. The van der Waals surface area contributed by atoms with Crippen molar-refractivity contribution >= 4 is 5.91 Å². The highest BCUT2D eigenvalue weighted by molar-refractivity contribution is 5.97. The number of benzene rings is 1. The monoisotopic (exact) mass is 511 g/mol. The number of H-pyrrole nitrogens is 1. The van der Waals surface area contributed by atoms with Crippen molar-refractivity contribution < 1.29 is 9.53 Å². The van der Waals surface area contributed by atoms with Crippen molar-refractivity contribution in [3.63, 3.8) is 0 Å². The number of aryl methyl sites for hydroxylation is 1. The normalized spacial score (nSPS) is 21.0. The first-order valence-corrected chi connectivity index (χ1v) is 13.9. The third-order valence-electron chi connectivity index (χ3n) is 8.23. The van der Waals surface area contributed by atoms with Crippen molar-refractivity contribution in [1.29, 1.82) is 5.26 Å². The van der Waals surface area contributed by atoms with Crippen molar-refractivity contribution in [2.45, 2.75) is 70.3 Å². The van der Waals surface area contributed by atoms with E-state index in [4.69, 9.17) is 15.0 Å². The Balaban J connectivity index is 1.36. The molecular weight excluding hydrogens is 474 g/mol. The number of hydrogen-bond acceptors (Lipinski definition) is 5. The molecule has 0 spiro atoms. The predicted molar refractivity (Wildman–Crippen MR) is 147 cm³/mol. The maximum absolute atomic E-state index is 13.8. The Morgan fingerprint density at radius 1 is 1.24 bits per heavy atom. The number of ether oxygens (including phenoxy) is 1. The number of aromatic nitrogens is 3. The molecule has 1 N–H and O–H groups in total. The van der Waals surface area contributed by atoms with Crippen molar-refractivity contribution in [1.82, 2.24) is 20.1 Å². The summed E-state index contributed by atoms with van der Waals surface area (Å²) >= 11 is 0. The number of nitrogens with zero attached hydrogens (tertiary/aromatic N) is 4. The van der Waals surface area contributed by atoms with Crippen LogP contribution in [0.4, 0.5) is 0 Å². The highest BCUT2D eigenvalue weighted by Crippen LogP contribution is 2.42. The number of likely N-dealkylation sites (tertiary alicyclic amines) is 1. The van der Waals surface area contributed by atoms with E-state index in [1.165, 1.54) is 30.4 Å². The minimum Gasteiger partial charge on any atom is -0.370 e. The zero-order chi connectivity index (χ0) is 26.5. The highest BCUT2D eigenvalue weighted by Gasteiger charge is 2.30. The average Bonchev–Trinajstić information content (AvgIpc) is 3.60. The number of hydrogen-bond donors (Lipinski definition) is 1. The molecule has 3 aliphatic rings. The molecule has 7 heteroatoms. The second-order valence-corrected chi connectivity index (χ2v) is 10.7. The fourth-order valence-corrected chi connectivity index (χ4v) is 5.84. The molecular formula is C31H37N5O2. The molecule has 5 rings (SSSR count). The number of allylic oxidation sites excluding steroid dienone is 5. The van der Waals surface area contributed by atoms with Gasteiger partial charge in [-0.25, -0.2) is 4.98 Å². The number of nitrogens with one attached hydrogen (secondary N) is 1. The predicted octanol–water partition coefficient (Wildman–Crippen LogP) is 6.33. The Bertz CT molecular complexity index is 1270. The van der Waals surface area contributed by atoms with Crippen LogP contribution in [0.25, 0.3) is 11.4 Å². The van der Waals surface area contributed by atoms with Crippen LogP contribution >= 0.6 is 0 Å². The van der Waals surface area contributed by atoms with E-state index in [-0.39, 0.29) is 12.0 Å². The van der Waals surface area contributed by atoms with E-state index in [1.807, 2.05) is 36.1 Å². The fourth-order valence-electron chi connectivity index (χ4n) is 5.84. The lowest BCUT2D eigenvalue weighted by Gasteiger charge is -2.33. The first kappa shape index (κ1) is 26.1. The van der Waals surface area contributed by atoms with Gasteiger partial charge in [0, 0.05) is 30.8 Å². The van der Waals surface area contributed by atoms with Crippen LogP contribution in [-0.4, -0.2) is 45.7 Å². The van der Waals surface area contributed by atoms with Gasteiger partial charge in [0.05, 0.1) is 12.5 Å². The second kappa shape index (κ2) is 11.9. The van der Waals surface area contributed by atoms with Gasteiger partial charge < -0.3 is 9.64 Å². The molecule has 38 heavy (non-hydrogen) atoms. The summed E-state index contributed by atoms with van der Waals surface area (Å²) in [4.78, 5) is 20.6. The molecule has 1 aliphatic carbocycles. The summed E-state index contributed by atoms with van der Waals surface area (Å²) in [7, 11) is 0. The number of rotatable bonds is 8. The first-order valence-electron chi connectivity index (χ1n) is 13.9. The van der Waals surface area contributed by atoms with Crippen molar-refractivity contribution in [3.8, 4) is 17.5 Å². The minimum absolute atomic E-state index is 0.0222. The largest absolute Gasteiger partial charge is 0.370 e. The van der Waals surface area contributed by atoms with E-state index >= 15 is 0 Å². The van der Waals surface area contributed by atoms with Crippen LogP contribution in [0.3, 0.4) is 0 Å². The van der Waals surface area contributed by atoms with Gasteiger partial charge in [-0.3, -0.25) is 9.89 Å². The molecule has 1 amide bonds. The lowest BCUT2D eigenvalue weighted by atomic mass is 9.77. The van der Waals surface area contributed by atoms with Gasteiger partial charge >= 0.3 is 0 Å². The molecule has 1 aromatic heterocycles. The van der Waals surface area contributed by atoms with Gasteiger partial charge in [0.2, 0.25) is 0 Å². The number of nitriles is 1. The van der Waals surface area contributed by atoms with E-state index in [9.17, 15) is 4.79 Å². The number of carbonyl (C=O) groups is 1. The minimum atomic E-state index is -0.0222. The smallest absolute Gasteiger partial charge is 0.254 e. The quantitative estimate of drug-likeness (QED) is 0.418. The van der Waals surface area contributed by atoms with E-state index in [2.05, 4.69) is 28.9 Å². The maximum Gasteiger partial charge on any atom is 0.254 e. The summed E-state index contributed by atoms with van der Waals surface area (Å²) in [5.41, 5.74) is 5.16. The van der Waals surface area contributed by atoms with Gasteiger partial charge in [0.1, 0.15) is 6.10 Å². The van der Waals surface area contributed by atoms with Gasteiger partial charge in [-0.05, 0) is 80.1 Å². The van der Waals surface area contributed by atoms with Crippen LogP contribution in [-0.2, 0) is 4.74 Å². The van der Waals surface area contributed by atoms with Crippen molar-refractivity contribution in [2.24, 2.45) is 5.92 Å². The van der Waals surface area contributed by atoms with Gasteiger partial charge in [-0.2, -0.15) is 10.4 Å². The molecule has 1 atom stereocenters. The third kappa shape index (κ3) is 5.51. The Labute approximate surface area is 225 Å². The molecule has 1 aromatic carbocycles. The van der Waals surface area contributed by atoms with Gasteiger partial charge in [-0.1, -0.05) is 43.4 Å². The van der Waals surface area contributed by atoms with Crippen LogP contribution < -0.4 is 0 Å². The average molecular weight is 512 g/mol. The molecule has 0 radical (unpaired) electrons. The summed E-state index contributed by atoms with van der Waals surface area (Å²) in [5.74, 6) is 2.37. The summed E-state index contributed by atoms with van der Waals surface area (Å²) < 4.78 is 5.80. The highest BCUT2D eigenvalue weighted by atomic mass is 16.5. The Morgan fingerprint density at radius 3 is 2.71 bits per heavy atom. The fraction of sp³-hybridized carbons (Fsp3) is 0.484. The van der Waals surface area contributed by atoms with Gasteiger partial charge in [-0.15, -0.1) is 0 Å². The van der Waals surface area contributed by atoms with E-state index < -0.39 is 0 Å². The molecule has 3 fully saturated rings. The Kier molecular flexibility index (Phi) is 8.19. The number of carbonyl (C=O) groups excluding carboxylic acids is 1. The van der Waals surface area contributed by atoms with Crippen LogP contribution in [0.2, 0.25) is 0 Å². The zero-order valence-electron chi connectivity index (χ0n) is 22.3. The Morgan fingerprint density at radius 2 is 2.05 bits per heavy atom. The molecule has 0 unspecified atom stereocenters. The number of piperidine rings is 1. The molecule has 2 aliphatic heterocycles. The molecule has 1 saturated carbocycles. The third-order valence-corrected chi connectivity index (χ3v) is 8.23. The molecule has 2 saturated heterocycles. The van der Waals surface area contributed by atoms with E-state index in [0.29, 0.717) is 37.2 Å². The van der Waals surface area contributed by atoms with E-state index in [1.54, 1.807) is 6.08 Å². The topological polar surface area (TPSA) is 94.9 Å². The molecule has 198 valence electrons. The number of aromatic amines is 1. The number of amides is 1. The van der Waals surface area contributed by atoms with Crippen molar-refractivity contribution in [2.75, 3.05) is 19.7 Å². The molecule has 7 nitrogen and oxygen atoms in total. The second-order valence-electron chi connectivity index (χ2n) is 10.7. The first-order chi connectivity index (χ1) is 18.6. The van der Waals surface area contributed by atoms with Gasteiger partial charge in [0.25, 0.3) is 5.91 Å². The summed E-state index contributed by atoms with van der Waals surface area (Å²) in [6.07, 6.45) is 15.5. The SMILES string of the molecule is C=C/C=C(\C=C/CC#N)C1CCN(C(=O)c2cc(-c3n[nH]c([C@@H]4CCCO4)n3)c(C3CCC3)cc2C)CC1. The maximum atomic E-state index is 13.8. The molecule has 3 heterocycles. The van der Waals surface area contributed by atoms with Crippen molar-refractivity contribution in [3.05, 3.63) is 71.1 Å². The summed E-state index contributed by atoms with van der Waals surface area (Å²) in [6, 6.07) is 6.39. The Hall–Kier alpha value is -3.50. The summed E-state index contributed by atoms with van der Waals surface area (Å²) in [5, 5.41) is 16.5. The molecule has 2 aromatic rings. The lowest BCUT2D eigenvalue weighted by Crippen LogP contribution is -2.39. The standard InChI is InChI=1S/C31H37N5O2/c1-3-8-22(9-4-5-15-32)23-13-16-36(17-14-23)31(37)25-20-27(26(19-21(25)2)24-10-6-11-24)29-33-30(35-34-29)28-12-7-18-38-28/h3-4,8-9,19-20,23-24,28H,1,5-7,10-14,16-18H2,2H3,(H,33,34,35)/b9-4-,22-8+/t28-/m0/s1. The van der Waals surface area contributed by atoms with Crippen LogP contribution in [0, 0.1) is 24.2 Å². The van der Waals surface area contributed by atoms with Gasteiger partial charge in [0.15, 0.2) is 11.6 Å². The summed E-state index contributed by atoms with van der Waals surface area (Å²) in [6.45, 7) is 8.05. The zero-order valence-corrected chi connectivity index (χ0v) is 22.3. The van der Waals surface area contributed by atoms with Crippen LogP contribution in [0.15, 0.2) is 48.6 Å². The van der Waals surface area contributed by atoms with E-state index in [0.717, 1.165) is 54.8 Å². The van der Waals surface area contributed by atoms with Crippen LogP contribution in [0.1, 0.15) is 90.7 Å².